The molecule has 1 amide bonds. The number of carbonyl (C=O) groups is 2. The highest BCUT2D eigenvalue weighted by Crippen LogP contribution is 2.35. The summed E-state index contributed by atoms with van der Waals surface area (Å²) in [7, 11) is 0. The molecule has 0 spiro atoms. The predicted molar refractivity (Wildman–Crippen MR) is 115 cm³/mol. The van der Waals surface area contributed by atoms with Gasteiger partial charge in [0.05, 0.1) is 0 Å². The third-order valence-corrected chi connectivity index (χ3v) is 5.59. The molecular formula is C24H37NO4. The zero-order valence-corrected chi connectivity index (χ0v) is 18.8. The van der Waals surface area contributed by atoms with Gasteiger partial charge in [-0.15, -0.1) is 0 Å². The van der Waals surface area contributed by atoms with Gasteiger partial charge in [-0.1, -0.05) is 57.0 Å². The number of alkyl carbamates (subject to hydrolysis) is 1. The predicted octanol–water partition coefficient (Wildman–Crippen LogP) is 5.37. The van der Waals surface area contributed by atoms with Gasteiger partial charge in [-0.3, -0.25) is 0 Å². The van der Waals surface area contributed by atoms with Crippen molar-refractivity contribution in [3.05, 3.63) is 35.9 Å². The van der Waals surface area contributed by atoms with Crippen LogP contribution in [0.5, 0.6) is 0 Å². The van der Waals surface area contributed by atoms with Crippen LogP contribution in [0, 0.1) is 5.92 Å². The Hall–Kier alpha value is -2.04. The first-order chi connectivity index (χ1) is 13.5. The summed E-state index contributed by atoms with van der Waals surface area (Å²) in [6.07, 6.45) is 3.60. The van der Waals surface area contributed by atoms with Crippen molar-refractivity contribution in [3.8, 4) is 0 Å². The molecule has 0 bridgehead atoms. The highest BCUT2D eigenvalue weighted by Gasteiger charge is 2.33. The molecule has 1 saturated heterocycles. The van der Waals surface area contributed by atoms with Gasteiger partial charge in [0.1, 0.15) is 17.7 Å². The average Bonchev–Trinajstić information content (AvgIpc) is 2.66. The number of benzene rings is 1. The Morgan fingerprint density at radius 2 is 1.72 bits per heavy atom. The van der Waals surface area contributed by atoms with Gasteiger partial charge in [0.15, 0.2) is 0 Å². The van der Waals surface area contributed by atoms with Crippen LogP contribution in [0.2, 0.25) is 0 Å². The van der Waals surface area contributed by atoms with Crippen molar-refractivity contribution in [1.29, 1.82) is 0 Å². The summed E-state index contributed by atoms with van der Waals surface area (Å²) in [6, 6.07) is 9.82. The second-order valence-corrected chi connectivity index (χ2v) is 9.84. The molecule has 0 unspecified atom stereocenters. The van der Waals surface area contributed by atoms with E-state index < -0.39 is 17.7 Å². The standard InChI is InChI=1S/C24H37NO4/c1-17-18(16-24(5,6)19-13-8-7-9-14-19)12-10-11-15-20(21(26)28-17)25-22(27)29-23(2,3)4/h7-9,13-14,17-18,20H,10-12,15-16H2,1-6H3,(H,25,27)/t17-,18-,20-/m0/s1. The summed E-state index contributed by atoms with van der Waals surface area (Å²) in [6.45, 7) is 11.9. The molecule has 1 aromatic carbocycles. The van der Waals surface area contributed by atoms with E-state index in [9.17, 15) is 9.59 Å². The Bertz CT molecular complexity index is 678. The summed E-state index contributed by atoms with van der Waals surface area (Å²) >= 11 is 0. The van der Waals surface area contributed by atoms with Gasteiger partial charge in [0, 0.05) is 0 Å². The van der Waals surface area contributed by atoms with Crippen LogP contribution in [0.25, 0.3) is 0 Å². The van der Waals surface area contributed by atoms with Crippen molar-refractivity contribution in [2.45, 2.75) is 96.8 Å². The summed E-state index contributed by atoms with van der Waals surface area (Å²) in [5, 5.41) is 2.69. The normalized spacial score (nSPS) is 23.9. The molecule has 5 nitrogen and oxygen atoms in total. The van der Waals surface area contributed by atoms with E-state index in [2.05, 4.69) is 43.4 Å². The number of nitrogens with one attached hydrogen (secondary N) is 1. The minimum absolute atomic E-state index is 0.00514. The average molecular weight is 404 g/mol. The lowest BCUT2D eigenvalue weighted by Gasteiger charge is -2.33. The number of rotatable bonds is 4. The molecule has 0 aliphatic carbocycles. The molecule has 29 heavy (non-hydrogen) atoms. The van der Waals surface area contributed by atoms with Gasteiger partial charge in [-0.05, 0) is 63.9 Å². The van der Waals surface area contributed by atoms with E-state index in [0.29, 0.717) is 6.42 Å². The first-order valence-electron chi connectivity index (χ1n) is 10.7. The summed E-state index contributed by atoms with van der Waals surface area (Å²) in [5.74, 6) is -0.0952. The van der Waals surface area contributed by atoms with Crippen molar-refractivity contribution in [1.82, 2.24) is 5.32 Å². The molecule has 2 rings (SSSR count). The lowest BCUT2D eigenvalue weighted by molar-refractivity contribution is -0.153. The maximum atomic E-state index is 12.7. The Balaban J connectivity index is 2.03. The van der Waals surface area contributed by atoms with Crippen LogP contribution in [0.3, 0.4) is 0 Å². The van der Waals surface area contributed by atoms with Gasteiger partial charge >= 0.3 is 12.1 Å². The van der Waals surface area contributed by atoms with E-state index >= 15 is 0 Å². The first kappa shape index (κ1) is 23.2. The Morgan fingerprint density at radius 1 is 1.10 bits per heavy atom. The van der Waals surface area contributed by atoms with E-state index in [1.807, 2.05) is 13.0 Å². The number of hydrogen-bond donors (Lipinski definition) is 1. The van der Waals surface area contributed by atoms with Crippen molar-refractivity contribution in [2.24, 2.45) is 5.92 Å². The highest BCUT2D eigenvalue weighted by molar-refractivity contribution is 5.81. The van der Waals surface area contributed by atoms with Crippen LogP contribution in [0.4, 0.5) is 4.79 Å². The fraction of sp³-hybridized carbons (Fsp3) is 0.667. The van der Waals surface area contributed by atoms with Gasteiger partial charge in [0.25, 0.3) is 0 Å². The number of carbonyl (C=O) groups excluding carboxylic acids is 2. The molecule has 162 valence electrons. The maximum absolute atomic E-state index is 12.7. The summed E-state index contributed by atoms with van der Waals surface area (Å²) in [4.78, 5) is 24.8. The van der Waals surface area contributed by atoms with Crippen LogP contribution >= 0.6 is 0 Å². The quantitative estimate of drug-likeness (QED) is 0.687. The summed E-state index contributed by atoms with van der Waals surface area (Å²) < 4.78 is 11.1. The fourth-order valence-electron chi connectivity index (χ4n) is 3.98. The number of cyclic esters (lactones) is 1. The van der Waals surface area contributed by atoms with Gasteiger partial charge < -0.3 is 14.8 Å². The molecule has 5 heteroatoms. The van der Waals surface area contributed by atoms with E-state index in [1.54, 1.807) is 20.8 Å². The molecular weight excluding hydrogens is 366 g/mol. The SMILES string of the molecule is C[C@@H]1OC(=O)[C@@H](NC(=O)OC(C)(C)C)CCCC[C@H]1CC(C)(C)c1ccccc1. The monoisotopic (exact) mass is 403 g/mol. The number of amides is 1. The second kappa shape index (κ2) is 9.64. The zero-order valence-electron chi connectivity index (χ0n) is 18.8. The number of esters is 1. The van der Waals surface area contributed by atoms with Gasteiger partial charge in [-0.25, -0.2) is 9.59 Å². The van der Waals surface area contributed by atoms with Crippen molar-refractivity contribution in [3.63, 3.8) is 0 Å². The molecule has 0 saturated carbocycles. The van der Waals surface area contributed by atoms with E-state index in [4.69, 9.17) is 9.47 Å². The zero-order chi connectivity index (χ0) is 21.7. The van der Waals surface area contributed by atoms with Gasteiger partial charge in [0.2, 0.25) is 0 Å². The van der Waals surface area contributed by atoms with Crippen molar-refractivity contribution < 1.29 is 19.1 Å². The number of hydrogen-bond acceptors (Lipinski definition) is 4. The maximum Gasteiger partial charge on any atom is 0.408 e. The second-order valence-electron chi connectivity index (χ2n) is 9.84. The topological polar surface area (TPSA) is 64.6 Å². The molecule has 1 aliphatic heterocycles. The lowest BCUT2D eigenvalue weighted by atomic mass is 9.74. The lowest BCUT2D eigenvalue weighted by Crippen LogP contribution is -2.45. The minimum Gasteiger partial charge on any atom is -0.461 e. The highest BCUT2D eigenvalue weighted by atomic mass is 16.6. The third kappa shape index (κ3) is 7.37. The smallest absolute Gasteiger partial charge is 0.408 e. The number of ether oxygens (including phenoxy) is 2. The Labute approximate surface area is 175 Å². The van der Waals surface area contributed by atoms with E-state index in [0.717, 1.165) is 25.7 Å². The third-order valence-electron chi connectivity index (χ3n) is 5.59. The molecule has 1 aromatic rings. The minimum atomic E-state index is -0.659. The van der Waals surface area contributed by atoms with Crippen molar-refractivity contribution in [2.75, 3.05) is 0 Å². The largest absolute Gasteiger partial charge is 0.461 e. The van der Waals surface area contributed by atoms with E-state index in [-0.39, 0.29) is 23.4 Å². The van der Waals surface area contributed by atoms with Crippen LogP contribution in [0.15, 0.2) is 30.3 Å². The molecule has 1 N–H and O–H groups in total. The molecule has 1 fully saturated rings. The summed E-state index contributed by atoms with van der Waals surface area (Å²) in [5.41, 5.74) is 0.686. The Morgan fingerprint density at radius 3 is 2.34 bits per heavy atom. The van der Waals surface area contributed by atoms with E-state index in [1.165, 1.54) is 5.56 Å². The molecule has 0 aromatic heterocycles. The first-order valence-corrected chi connectivity index (χ1v) is 10.7. The molecule has 1 heterocycles. The fourth-order valence-corrected chi connectivity index (χ4v) is 3.98. The molecule has 1 aliphatic rings. The molecule has 0 radical (unpaired) electrons. The van der Waals surface area contributed by atoms with Gasteiger partial charge in [-0.2, -0.15) is 0 Å². The molecule has 3 atom stereocenters. The van der Waals surface area contributed by atoms with Crippen LogP contribution in [0.1, 0.15) is 79.2 Å². The van der Waals surface area contributed by atoms with Crippen molar-refractivity contribution >= 4 is 12.1 Å². The van der Waals surface area contributed by atoms with Crippen LogP contribution in [-0.2, 0) is 19.7 Å². The Kier molecular flexibility index (Phi) is 7.73. The van der Waals surface area contributed by atoms with Crippen LogP contribution in [-0.4, -0.2) is 29.8 Å². The van der Waals surface area contributed by atoms with Crippen LogP contribution < -0.4 is 5.32 Å².